The number of carbonyl (C=O) groups is 1. The van der Waals surface area contributed by atoms with Gasteiger partial charge in [-0.2, -0.15) is 0 Å². The van der Waals surface area contributed by atoms with Crippen LogP contribution in [0.4, 0.5) is 15.8 Å². The molecular weight excluding hydrogens is 245 g/mol. The summed E-state index contributed by atoms with van der Waals surface area (Å²) < 4.78 is 13.4. The third-order valence-corrected chi connectivity index (χ3v) is 3.55. The predicted octanol–water partition coefficient (Wildman–Crippen LogP) is 1.77. The summed E-state index contributed by atoms with van der Waals surface area (Å²) in [6.45, 7) is 3.64. The first-order valence-electron chi connectivity index (χ1n) is 6.53. The number of likely N-dealkylation sites (tertiary alicyclic amines) is 1. The molecule has 0 aliphatic carbocycles. The number of anilines is 2. The number of rotatable bonds is 3. The highest BCUT2D eigenvalue weighted by molar-refractivity contribution is 5.83. The Kier molecular flexibility index (Phi) is 3.93. The first-order valence-corrected chi connectivity index (χ1v) is 6.53. The Labute approximate surface area is 113 Å². The van der Waals surface area contributed by atoms with E-state index in [-0.39, 0.29) is 18.3 Å². The molecule has 5 heteroatoms. The molecule has 1 aliphatic heterocycles. The Morgan fingerprint density at radius 2 is 2.05 bits per heavy atom. The molecule has 19 heavy (non-hydrogen) atoms. The van der Waals surface area contributed by atoms with Crippen LogP contribution in [0.1, 0.15) is 18.4 Å². The first kappa shape index (κ1) is 13.6. The van der Waals surface area contributed by atoms with Crippen molar-refractivity contribution in [3.63, 3.8) is 0 Å². The lowest BCUT2D eigenvalue weighted by Gasteiger charge is -2.24. The van der Waals surface area contributed by atoms with Gasteiger partial charge in [-0.1, -0.05) is 0 Å². The maximum atomic E-state index is 13.4. The number of halogens is 1. The Morgan fingerprint density at radius 3 is 2.68 bits per heavy atom. The summed E-state index contributed by atoms with van der Waals surface area (Å²) >= 11 is 0. The molecule has 2 N–H and O–H groups in total. The molecule has 1 heterocycles. The topological polar surface area (TPSA) is 49.6 Å². The summed E-state index contributed by atoms with van der Waals surface area (Å²) in [5.74, 6) is -0.220. The number of nitrogen functional groups attached to an aromatic ring is 1. The van der Waals surface area contributed by atoms with Crippen molar-refractivity contribution in [2.45, 2.75) is 19.8 Å². The summed E-state index contributed by atoms with van der Waals surface area (Å²) in [4.78, 5) is 15.7. The molecule has 1 saturated heterocycles. The minimum Gasteiger partial charge on any atom is -0.397 e. The molecule has 0 radical (unpaired) electrons. The molecule has 0 bridgehead atoms. The molecule has 4 nitrogen and oxygen atoms in total. The molecule has 2 rings (SSSR count). The van der Waals surface area contributed by atoms with E-state index in [1.165, 1.54) is 6.07 Å². The van der Waals surface area contributed by atoms with Crippen molar-refractivity contribution in [2.24, 2.45) is 0 Å². The van der Waals surface area contributed by atoms with Gasteiger partial charge < -0.3 is 15.5 Å². The molecule has 0 aromatic heterocycles. The lowest BCUT2D eigenvalue weighted by molar-refractivity contribution is -0.128. The maximum absolute atomic E-state index is 13.4. The van der Waals surface area contributed by atoms with Crippen molar-refractivity contribution in [2.75, 3.05) is 37.3 Å². The van der Waals surface area contributed by atoms with Gasteiger partial charge in [-0.3, -0.25) is 4.79 Å². The summed E-state index contributed by atoms with van der Waals surface area (Å²) in [7, 11) is 1.80. The third-order valence-electron chi connectivity index (χ3n) is 3.55. The minimum atomic E-state index is -0.319. The molecular formula is C14H20FN3O. The second-order valence-electron chi connectivity index (χ2n) is 5.10. The molecule has 0 atom stereocenters. The fraction of sp³-hybridized carbons (Fsp3) is 0.500. The van der Waals surface area contributed by atoms with Gasteiger partial charge in [0.1, 0.15) is 5.82 Å². The standard InChI is InChI=1S/C14H20FN3O/c1-10-7-13(12(16)8-11(10)15)17(2)9-14(19)18-5-3-4-6-18/h7-8H,3-6,9,16H2,1-2H3. The minimum absolute atomic E-state index is 0.0985. The zero-order valence-corrected chi connectivity index (χ0v) is 11.4. The average molecular weight is 265 g/mol. The molecule has 0 unspecified atom stereocenters. The van der Waals surface area contributed by atoms with Crippen LogP contribution < -0.4 is 10.6 Å². The molecule has 104 valence electrons. The predicted molar refractivity (Wildman–Crippen MR) is 74.6 cm³/mol. The van der Waals surface area contributed by atoms with E-state index in [2.05, 4.69) is 0 Å². The van der Waals surface area contributed by atoms with Gasteiger partial charge in [0.15, 0.2) is 0 Å². The number of aryl methyl sites for hydroxylation is 1. The first-order chi connectivity index (χ1) is 8.99. The van der Waals surface area contributed by atoms with Crippen LogP contribution in [-0.2, 0) is 4.79 Å². The van der Waals surface area contributed by atoms with Crippen molar-refractivity contribution < 1.29 is 9.18 Å². The SMILES string of the molecule is Cc1cc(N(C)CC(=O)N2CCCC2)c(N)cc1F. The van der Waals surface area contributed by atoms with Crippen molar-refractivity contribution in [3.8, 4) is 0 Å². The smallest absolute Gasteiger partial charge is 0.242 e. The van der Waals surface area contributed by atoms with Gasteiger partial charge in [-0.25, -0.2) is 4.39 Å². The lowest BCUT2D eigenvalue weighted by atomic mass is 10.1. The quantitative estimate of drug-likeness (QED) is 0.847. The molecule has 0 spiro atoms. The van der Waals surface area contributed by atoms with Crippen LogP contribution in [0.3, 0.4) is 0 Å². The van der Waals surface area contributed by atoms with E-state index in [4.69, 9.17) is 5.73 Å². The highest BCUT2D eigenvalue weighted by Crippen LogP contribution is 2.25. The van der Waals surface area contributed by atoms with Crippen LogP contribution in [0.5, 0.6) is 0 Å². The largest absolute Gasteiger partial charge is 0.397 e. The van der Waals surface area contributed by atoms with Gasteiger partial charge in [0.25, 0.3) is 0 Å². The number of carbonyl (C=O) groups excluding carboxylic acids is 1. The van der Waals surface area contributed by atoms with E-state index in [0.29, 0.717) is 16.9 Å². The Morgan fingerprint density at radius 1 is 1.42 bits per heavy atom. The van der Waals surface area contributed by atoms with Gasteiger partial charge in [0.05, 0.1) is 17.9 Å². The van der Waals surface area contributed by atoms with Gasteiger partial charge >= 0.3 is 0 Å². The number of likely N-dealkylation sites (N-methyl/N-ethyl adjacent to an activating group) is 1. The van der Waals surface area contributed by atoms with Crippen LogP contribution in [0.25, 0.3) is 0 Å². The molecule has 0 saturated carbocycles. The second-order valence-corrected chi connectivity index (χ2v) is 5.10. The zero-order chi connectivity index (χ0) is 14.0. The number of nitrogens with zero attached hydrogens (tertiary/aromatic N) is 2. The fourth-order valence-corrected chi connectivity index (χ4v) is 2.37. The Balaban J connectivity index is 2.09. The monoisotopic (exact) mass is 265 g/mol. The van der Waals surface area contributed by atoms with E-state index in [9.17, 15) is 9.18 Å². The summed E-state index contributed by atoms with van der Waals surface area (Å²) in [5.41, 5.74) is 7.41. The van der Waals surface area contributed by atoms with E-state index in [1.807, 2.05) is 4.90 Å². The normalized spacial score (nSPS) is 14.8. The number of nitrogens with two attached hydrogens (primary N) is 1. The summed E-state index contributed by atoms with van der Waals surface area (Å²) in [6, 6.07) is 2.99. The van der Waals surface area contributed by atoms with Gasteiger partial charge in [0, 0.05) is 20.1 Å². The van der Waals surface area contributed by atoms with E-state index < -0.39 is 0 Å². The molecule has 1 aromatic carbocycles. The van der Waals surface area contributed by atoms with E-state index >= 15 is 0 Å². The van der Waals surface area contributed by atoms with Crippen molar-refractivity contribution in [1.29, 1.82) is 0 Å². The van der Waals surface area contributed by atoms with Crippen LogP contribution in [0.2, 0.25) is 0 Å². The average Bonchev–Trinajstić information content (AvgIpc) is 2.87. The van der Waals surface area contributed by atoms with Crippen LogP contribution in [0, 0.1) is 12.7 Å². The number of hydrogen-bond donors (Lipinski definition) is 1. The Hall–Kier alpha value is -1.78. The fourth-order valence-electron chi connectivity index (χ4n) is 2.37. The van der Waals surface area contributed by atoms with Crippen LogP contribution in [-0.4, -0.2) is 37.5 Å². The third kappa shape index (κ3) is 2.97. The molecule has 1 aromatic rings. The summed E-state index contributed by atoms with van der Waals surface area (Å²) in [6.07, 6.45) is 2.15. The van der Waals surface area contributed by atoms with Gasteiger partial charge in [-0.15, -0.1) is 0 Å². The van der Waals surface area contributed by atoms with Crippen molar-refractivity contribution in [3.05, 3.63) is 23.5 Å². The Bertz CT molecular complexity index is 484. The highest BCUT2D eigenvalue weighted by Gasteiger charge is 2.20. The number of hydrogen-bond acceptors (Lipinski definition) is 3. The zero-order valence-electron chi connectivity index (χ0n) is 11.4. The van der Waals surface area contributed by atoms with Crippen molar-refractivity contribution >= 4 is 17.3 Å². The maximum Gasteiger partial charge on any atom is 0.242 e. The number of amides is 1. The summed E-state index contributed by atoms with van der Waals surface area (Å²) in [5, 5.41) is 0. The van der Waals surface area contributed by atoms with Gasteiger partial charge in [0.2, 0.25) is 5.91 Å². The molecule has 1 aliphatic rings. The second kappa shape index (κ2) is 5.47. The molecule has 1 fully saturated rings. The van der Waals surface area contributed by atoms with Gasteiger partial charge in [-0.05, 0) is 37.5 Å². The molecule has 1 amide bonds. The van der Waals surface area contributed by atoms with Crippen LogP contribution >= 0.6 is 0 Å². The van der Waals surface area contributed by atoms with Crippen molar-refractivity contribution in [1.82, 2.24) is 4.90 Å². The lowest BCUT2D eigenvalue weighted by Crippen LogP contribution is -2.37. The number of benzene rings is 1. The van der Waals surface area contributed by atoms with E-state index in [1.54, 1.807) is 24.9 Å². The van der Waals surface area contributed by atoms with E-state index in [0.717, 1.165) is 25.9 Å². The highest BCUT2D eigenvalue weighted by atomic mass is 19.1. The van der Waals surface area contributed by atoms with Crippen LogP contribution in [0.15, 0.2) is 12.1 Å².